The van der Waals surface area contributed by atoms with E-state index in [-0.39, 0.29) is 5.91 Å². The summed E-state index contributed by atoms with van der Waals surface area (Å²) in [4.78, 5) is 14.2. The highest BCUT2D eigenvalue weighted by molar-refractivity contribution is 6.23. The van der Waals surface area contributed by atoms with Crippen LogP contribution in [0.1, 0.15) is 13.3 Å². The highest BCUT2D eigenvalue weighted by Gasteiger charge is 1.84. The Morgan fingerprint density at radius 1 is 1.50 bits per heavy atom. The number of hydrogen-bond donors (Lipinski definition) is 1. The molecule has 0 saturated heterocycles. The fraction of sp³-hybridized carbons (Fsp3) is 0.625. The molecular formula is C8H17ClN2O. The Hall–Kier alpha value is -0.540. The quantitative estimate of drug-likeness (QED) is 0.530. The van der Waals surface area contributed by atoms with Crippen molar-refractivity contribution in [1.29, 1.82) is 0 Å². The molecule has 0 bridgehead atoms. The number of rotatable bonds is 2. The Bertz CT molecular complexity index is 132. The van der Waals surface area contributed by atoms with Gasteiger partial charge in [-0.1, -0.05) is 13.0 Å². The highest BCUT2D eigenvalue weighted by Crippen LogP contribution is 1.79. The fourth-order valence-corrected chi connectivity index (χ4v) is 0.319. The van der Waals surface area contributed by atoms with Crippen molar-refractivity contribution in [3.8, 4) is 0 Å². The number of carbonyl (C=O) groups excluding carboxylic acids is 1. The molecule has 1 N–H and O–H groups in total. The van der Waals surface area contributed by atoms with Crippen molar-refractivity contribution in [2.75, 3.05) is 21.1 Å². The predicted octanol–water partition coefficient (Wildman–Crippen LogP) is 1.40. The summed E-state index contributed by atoms with van der Waals surface area (Å²) in [6.45, 7) is 1.94. The molecule has 0 saturated carbocycles. The van der Waals surface area contributed by atoms with Gasteiger partial charge in [0.25, 0.3) is 5.91 Å². The van der Waals surface area contributed by atoms with Crippen LogP contribution in [0, 0.1) is 0 Å². The smallest absolute Gasteiger partial charge is 0.257 e. The number of halogens is 1. The minimum atomic E-state index is -0.270. The molecule has 1 amide bonds. The maximum atomic E-state index is 10.2. The van der Waals surface area contributed by atoms with Gasteiger partial charge in [0.15, 0.2) is 0 Å². The number of allylic oxidation sites excluding steroid dienone is 1. The minimum Gasteiger partial charge on any atom is -0.312 e. The number of carbonyl (C=O) groups is 1. The zero-order chi connectivity index (χ0) is 9.98. The Labute approximate surface area is 79.5 Å². The average Bonchev–Trinajstić information content (AvgIpc) is 1.99. The van der Waals surface area contributed by atoms with Gasteiger partial charge in [0.1, 0.15) is 0 Å². The number of nitrogens with one attached hydrogen (secondary N) is 1. The second-order valence-electron chi connectivity index (χ2n) is 2.61. The third-order valence-corrected chi connectivity index (χ3v) is 0.784. The van der Waals surface area contributed by atoms with E-state index in [1.165, 1.54) is 6.08 Å². The van der Waals surface area contributed by atoms with E-state index >= 15 is 0 Å². The van der Waals surface area contributed by atoms with Crippen LogP contribution in [0.5, 0.6) is 0 Å². The lowest BCUT2D eigenvalue weighted by atomic mass is 10.4. The van der Waals surface area contributed by atoms with Gasteiger partial charge in [0.2, 0.25) is 0 Å². The largest absolute Gasteiger partial charge is 0.312 e. The molecule has 0 atom stereocenters. The standard InChI is InChI=1S/C5H8ClNO.C3H9N/c1-2-3-4-5(8)7-6;1-4(2)3/h3-4H,2H2,1H3,(H,7,8);1-3H3. The predicted molar refractivity (Wildman–Crippen MR) is 53.0 cm³/mol. The summed E-state index contributed by atoms with van der Waals surface area (Å²) in [6, 6.07) is 0. The first-order chi connectivity index (χ1) is 5.54. The van der Waals surface area contributed by atoms with Gasteiger partial charge in [-0.15, -0.1) is 0 Å². The van der Waals surface area contributed by atoms with E-state index in [0.717, 1.165) is 6.42 Å². The van der Waals surface area contributed by atoms with Crippen molar-refractivity contribution in [1.82, 2.24) is 9.74 Å². The van der Waals surface area contributed by atoms with Crippen molar-refractivity contribution in [3.05, 3.63) is 12.2 Å². The molecule has 0 aliphatic heterocycles. The van der Waals surface area contributed by atoms with Crippen molar-refractivity contribution >= 4 is 17.7 Å². The first-order valence-corrected chi connectivity index (χ1v) is 4.10. The molecule has 0 spiro atoms. The van der Waals surface area contributed by atoms with Crippen LogP contribution in [-0.2, 0) is 4.79 Å². The lowest BCUT2D eigenvalue weighted by Gasteiger charge is -1.90. The van der Waals surface area contributed by atoms with Crippen molar-refractivity contribution in [3.63, 3.8) is 0 Å². The molecule has 0 aromatic rings. The molecule has 0 aromatic heterocycles. The molecule has 0 heterocycles. The highest BCUT2D eigenvalue weighted by atomic mass is 35.5. The molecule has 72 valence electrons. The van der Waals surface area contributed by atoms with Gasteiger partial charge < -0.3 is 4.90 Å². The Morgan fingerprint density at radius 3 is 2.17 bits per heavy atom. The van der Waals surface area contributed by atoms with Crippen LogP contribution < -0.4 is 4.84 Å². The maximum Gasteiger partial charge on any atom is 0.257 e. The number of amides is 1. The molecule has 0 fully saturated rings. The van der Waals surface area contributed by atoms with Gasteiger partial charge in [-0.3, -0.25) is 9.63 Å². The summed E-state index contributed by atoms with van der Waals surface area (Å²) in [5.41, 5.74) is 0. The van der Waals surface area contributed by atoms with Gasteiger partial charge in [-0.05, 0) is 27.6 Å². The van der Waals surface area contributed by atoms with Crippen LogP contribution >= 0.6 is 11.8 Å². The van der Waals surface area contributed by atoms with Gasteiger partial charge in [0, 0.05) is 17.9 Å². The molecule has 0 radical (unpaired) electrons. The van der Waals surface area contributed by atoms with E-state index in [9.17, 15) is 4.79 Å². The van der Waals surface area contributed by atoms with Crippen LogP contribution in [0.25, 0.3) is 0 Å². The minimum absolute atomic E-state index is 0.270. The Balaban J connectivity index is 0. The van der Waals surface area contributed by atoms with E-state index in [1.54, 1.807) is 6.08 Å². The first kappa shape index (κ1) is 14.0. The number of hydrogen-bond acceptors (Lipinski definition) is 2. The van der Waals surface area contributed by atoms with E-state index < -0.39 is 0 Å². The molecule has 0 aliphatic rings. The van der Waals surface area contributed by atoms with Crippen molar-refractivity contribution in [2.45, 2.75) is 13.3 Å². The topological polar surface area (TPSA) is 32.3 Å². The Kier molecular flexibility index (Phi) is 12.2. The third kappa shape index (κ3) is 22.7. The van der Waals surface area contributed by atoms with E-state index in [4.69, 9.17) is 11.8 Å². The molecule has 0 unspecified atom stereocenters. The molecule has 12 heavy (non-hydrogen) atoms. The summed E-state index contributed by atoms with van der Waals surface area (Å²) < 4.78 is 0. The lowest BCUT2D eigenvalue weighted by Crippen LogP contribution is -2.07. The zero-order valence-corrected chi connectivity index (χ0v) is 8.85. The molecular weight excluding hydrogens is 176 g/mol. The van der Waals surface area contributed by atoms with E-state index in [2.05, 4.69) is 0 Å². The maximum absolute atomic E-state index is 10.2. The first-order valence-electron chi connectivity index (χ1n) is 3.72. The Morgan fingerprint density at radius 2 is 1.92 bits per heavy atom. The van der Waals surface area contributed by atoms with Gasteiger partial charge >= 0.3 is 0 Å². The van der Waals surface area contributed by atoms with Crippen LogP contribution in [0.4, 0.5) is 0 Å². The monoisotopic (exact) mass is 192 g/mol. The second-order valence-corrected chi connectivity index (χ2v) is 2.80. The SMILES string of the molecule is CCC=CC(=O)NCl.CN(C)C. The van der Waals surface area contributed by atoms with Crippen molar-refractivity contribution < 1.29 is 4.79 Å². The van der Waals surface area contributed by atoms with Crippen molar-refractivity contribution in [2.24, 2.45) is 0 Å². The molecule has 0 aromatic carbocycles. The average molecular weight is 193 g/mol. The summed E-state index contributed by atoms with van der Waals surface area (Å²) >= 11 is 4.94. The van der Waals surface area contributed by atoms with E-state index in [1.807, 2.05) is 37.8 Å². The summed E-state index contributed by atoms with van der Waals surface area (Å²) in [5.74, 6) is -0.270. The van der Waals surface area contributed by atoms with Gasteiger partial charge in [-0.2, -0.15) is 0 Å². The molecule has 4 heteroatoms. The summed E-state index contributed by atoms with van der Waals surface area (Å²) in [6.07, 6.45) is 3.98. The summed E-state index contributed by atoms with van der Waals surface area (Å²) in [7, 11) is 6.00. The molecule has 3 nitrogen and oxygen atoms in total. The van der Waals surface area contributed by atoms with Crippen LogP contribution in [0.2, 0.25) is 0 Å². The van der Waals surface area contributed by atoms with Gasteiger partial charge in [-0.25, -0.2) is 0 Å². The third-order valence-electron chi connectivity index (χ3n) is 0.598. The van der Waals surface area contributed by atoms with Crippen LogP contribution in [0.3, 0.4) is 0 Å². The lowest BCUT2D eigenvalue weighted by molar-refractivity contribution is -0.114. The molecule has 0 rings (SSSR count). The van der Waals surface area contributed by atoms with Gasteiger partial charge in [0.05, 0.1) is 0 Å². The van der Waals surface area contributed by atoms with E-state index in [0.29, 0.717) is 0 Å². The zero-order valence-electron chi connectivity index (χ0n) is 8.10. The summed E-state index contributed by atoms with van der Waals surface area (Å²) in [5, 5.41) is 0. The second kappa shape index (κ2) is 10.5. The fourth-order valence-electron chi connectivity index (χ4n) is 0.256. The normalized spacial score (nSPS) is 9.50. The van der Waals surface area contributed by atoms with Crippen LogP contribution in [0.15, 0.2) is 12.2 Å². The van der Waals surface area contributed by atoms with Crippen LogP contribution in [-0.4, -0.2) is 32.0 Å². The molecule has 0 aliphatic carbocycles. The number of nitrogens with zero attached hydrogens (tertiary/aromatic N) is 1.